The third kappa shape index (κ3) is 5.01. The van der Waals surface area contributed by atoms with Crippen LogP contribution in [0.3, 0.4) is 0 Å². The smallest absolute Gasteiger partial charge is 0.247 e. The second kappa shape index (κ2) is 9.69. The molecule has 3 heterocycles. The number of rotatable bonds is 8. The van der Waals surface area contributed by atoms with Crippen molar-refractivity contribution >= 4 is 17.7 Å². The molecular formula is C21H28N6O3S. The molecule has 3 aromatic rings. The molecule has 31 heavy (non-hydrogen) atoms. The molecule has 9 nitrogen and oxygen atoms in total. The number of nitrogens with zero attached hydrogens (tertiary/aromatic N) is 6. The van der Waals surface area contributed by atoms with Crippen molar-refractivity contribution in [2.45, 2.75) is 37.7 Å². The number of hydrogen-bond donors (Lipinski definition) is 0. The number of morpholine rings is 1. The number of thioether (sulfide) groups is 1. The fraction of sp³-hybridized carbons (Fsp3) is 0.524. The van der Waals surface area contributed by atoms with Gasteiger partial charge < -0.3 is 18.8 Å². The van der Waals surface area contributed by atoms with Crippen LogP contribution in [0.15, 0.2) is 33.8 Å². The first-order valence-corrected chi connectivity index (χ1v) is 11.3. The number of ether oxygens (including phenoxy) is 2. The SMILES string of the molecule is COc1ccc(-c2nnc(C(C)Sc3nnc(N4CCOCC4)n3CC(C)C)o2)cc1. The summed E-state index contributed by atoms with van der Waals surface area (Å²) in [6.07, 6.45) is 0. The Bertz CT molecular complexity index is 981. The van der Waals surface area contributed by atoms with Gasteiger partial charge in [0.2, 0.25) is 17.7 Å². The maximum absolute atomic E-state index is 5.95. The second-order valence-electron chi connectivity index (χ2n) is 7.82. The summed E-state index contributed by atoms with van der Waals surface area (Å²) in [5.41, 5.74) is 0.856. The average molecular weight is 445 g/mol. The third-order valence-electron chi connectivity index (χ3n) is 4.95. The molecule has 1 fully saturated rings. The van der Waals surface area contributed by atoms with E-state index in [-0.39, 0.29) is 5.25 Å². The molecular weight excluding hydrogens is 416 g/mol. The molecule has 0 radical (unpaired) electrons. The number of hydrogen-bond acceptors (Lipinski definition) is 9. The summed E-state index contributed by atoms with van der Waals surface area (Å²) in [6, 6.07) is 7.56. The van der Waals surface area contributed by atoms with Gasteiger partial charge in [0.05, 0.1) is 25.6 Å². The summed E-state index contributed by atoms with van der Waals surface area (Å²) >= 11 is 1.58. The van der Waals surface area contributed by atoms with E-state index in [1.165, 1.54) is 0 Å². The summed E-state index contributed by atoms with van der Waals surface area (Å²) in [6.45, 7) is 10.3. The zero-order valence-corrected chi connectivity index (χ0v) is 19.1. The predicted molar refractivity (Wildman–Crippen MR) is 118 cm³/mol. The summed E-state index contributed by atoms with van der Waals surface area (Å²) < 4.78 is 18.8. The van der Waals surface area contributed by atoms with Crippen molar-refractivity contribution in [3.8, 4) is 17.2 Å². The van der Waals surface area contributed by atoms with Crippen LogP contribution < -0.4 is 9.64 Å². The molecule has 0 saturated carbocycles. The molecule has 1 aromatic carbocycles. The first-order chi connectivity index (χ1) is 15.0. The van der Waals surface area contributed by atoms with E-state index >= 15 is 0 Å². The van der Waals surface area contributed by atoms with Gasteiger partial charge in [-0.15, -0.1) is 20.4 Å². The van der Waals surface area contributed by atoms with Crippen LogP contribution in [0, 0.1) is 5.92 Å². The fourth-order valence-electron chi connectivity index (χ4n) is 3.35. The van der Waals surface area contributed by atoms with Crippen molar-refractivity contribution in [3.63, 3.8) is 0 Å². The monoisotopic (exact) mass is 444 g/mol. The van der Waals surface area contributed by atoms with Crippen molar-refractivity contribution in [1.29, 1.82) is 0 Å². The molecule has 0 amide bonds. The largest absolute Gasteiger partial charge is 0.497 e. The van der Waals surface area contributed by atoms with Gasteiger partial charge in [-0.3, -0.25) is 4.57 Å². The molecule has 166 valence electrons. The van der Waals surface area contributed by atoms with Crippen LogP contribution >= 0.6 is 11.8 Å². The third-order valence-corrected chi connectivity index (χ3v) is 6.01. The van der Waals surface area contributed by atoms with E-state index < -0.39 is 0 Å². The predicted octanol–water partition coefficient (Wildman–Crippen LogP) is 3.68. The second-order valence-corrected chi connectivity index (χ2v) is 9.13. The lowest BCUT2D eigenvalue weighted by Crippen LogP contribution is -2.38. The van der Waals surface area contributed by atoms with Gasteiger partial charge in [-0.2, -0.15) is 0 Å². The first-order valence-electron chi connectivity index (χ1n) is 10.5. The van der Waals surface area contributed by atoms with E-state index in [9.17, 15) is 0 Å². The van der Waals surface area contributed by atoms with Gasteiger partial charge in [0.15, 0.2) is 5.16 Å². The van der Waals surface area contributed by atoms with E-state index in [0.717, 1.165) is 42.1 Å². The Morgan fingerprint density at radius 2 is 1.77 bits per heavy atom. The quantitative estimate of drug-likeness (QED) is 0.482. The number of benzene rings is 1. The van der Waals surface area contributed by atoms with Gasteiger partial charge in [-0.05, 0) is 37.1 Å². The lowest BCUT2D eigenvalue weighted by Gasteiger charge is -2.28. The highest BCUT2D eigenvalue weighted by atomic mass is 32.2. The van der Waals surface area contributed by atoms with Crippen LogP contribution in [0.1, 0.15) is 31.9 Å². The van der Waals surface area contributed by atoms with E-state index in [0.29, 0.717) is 30.9 Å². The normalized spacial score (nSPS) is 15.5. The Morgan fingerprint density at radius 1 is 1.03 bits per heavy atom. The lowest BCUT2D eigenvalue weighted by molar-refractivity contribution is 0.121. The molecule has 0 bridgehead atoms. The minimum absolute atomic E-state index is 0.0628. The van der Waals surface area contributed by atoms with Gasteiger partial charge in [-0.25, -0.2) is 0 Å². The molecule has 4 rings (SSSR count). The molecule has 0 N–H and O–H groups in total. The molecule has 0 spiro atoms. The number of anilines is 1. The van der Waals surface area contributed by atoms with Gasteiger partial charge in [0.25, 0.3) is 0 Å². The highest BCUT2D eigenvalue weighted by Crippen LogP contribution is 2.36. The van der Waals surface area contributed by atoms with Crippen molar-refractivity contribution in [3.05, 3.63) is 30.2 Å². The van der Waals surface area contributed by atoms with Crippen LogP contribution in [0.5, 0.6) is 5.75 Å². The van der Waals surface area contributed by atoms with E-state index in [4.69, 9.17) is 13.9 Å². The van der Waals surface area contributed by atoms with Gasteiger partial charge in [0.1, 0.15) is 5.75 Å². The number of aromatic nitrogens is 5. The standard InChI is InChI=1S/C21H28N6O3S/c1-14(2)13-27-20(26-9-11-29-12-10-26)24-25-21(27)31-15(3)18-22-23-19(30-18)16-5-7-17(28-4)8-6-16/h5-8,14-15H,9-13H2,1-4H3. The summed E-state index contributed by atoms with van der Waals surface area (Å²) in [5, 5.41) is 18.3. The van der Waals surface area contributed by atoms with Crippen molar-refractivity contribution < 1.29 is 13.9 Å². The van der Waals surface area contributed by atoms with Crippen molar-refractivity contribution in [2.75, 3.05) is 38.3 Å². The Kier molecular flexibility index (Phi) is 6.77. The highest BCUT2D eigenvalue weighted by Gasteiger charge is 2.24. The molecule has 1 atom stereocenters. The maximum atomic E-state index is 5.95. The Balaban J connectivity index is 1.52. The Hall–Kier alpha value is -2.59. The maximum Gasteiger partial charge on any atom is 0.247 e. The molecule has 1 saturated heterocycles. The Labute approximate surface area is 186 Å². The summed E-state index contributed by atoms with van der Waals surface area (Å²) in [7, 11) is 1.64. The lowest BCUT2D eigenvalue weighted by atomic mass is 10.2. The van der Waals surface area contributed by atoms with E-state index in [1.807, 2.05) is 31.2 Å². The van der Waals surface area contributed by atoms with E-state index in [2.05, 4.69) is 43.7 Å². The molecule has 0 aliphatic carbocycles. The van der Waals surface area contributed by atoms with Gasteiger partial charge >= 0.3 is 0 Å². The summed E-state index contributed by atoms with van der Waals surface area (Å²) in [4.78, 5) is 2.24. The topological polar surface area (TPSA) is 91.3 Å². The minimum atomic E-state index is -0.0628. The zero-order chi connectivity index (χ0) is 21.8. The van der Waals surface area contributed by atoms with Crippen LogP contribution in [0.2, 0.25) is 0 Å². The van der Waals surface area contributed by atoms with Crippen LogP contribution in [-0.4, -0.2) is 58.4 Å². The molecule has 1 aliphatic rings. The van der Waals surface area contributed by atoms with Gasteiger partial charge in [-0.1, -0.05) is 25.6 Å². The van der Waals surface area contributed by atoms with Crippen molar-refractivity contribution in [1.82, 2.24) is 25.0 Å². The number of methoxy groups -OCH3 is 1. The molecule has 1 unspecified atom stereocenters. The van der Waals surface area contributed by atoms with Crippen molar-refractivity contribution in [2.24, 2.45) is 5.92 Å². The Morgan fingerprint density at radius 3 is 2.45 bits per heavy atom. The molecule has 2 aromatic heterocycles. The average Bonchev–Trinajstić information content (AvgIpc) is 3.42. The molecule has 10 heteroatoms. The first kappa shape index (κ1) is 21.6. The highest BCUT2D eigenvalue weighted by molar-refractivity contribution is 7.99. The van der Waals surface area contributed by atoms with Gasteiger partial charge in [0, 0.05) is 25.2 Å². The molecule has 1 aliphatic heterocycles. The van der Waals surface area contributed by atoms with Crippen LogP contribution in [-0.2, 0) is 11.3 Å². The van der Waals surface area contributed by atoms with Crippen LogP contribution in [0.25, 0.3) is 11.5 Å². The van der Waals surface area contributed by atoms with E-state index in [1.54, 1.807) is 18.9 Å². The fourth-order valence-corrected chi connectivity index (χ4v) is 4.23. The summed E-state index contributed by atoms with van der Waals surface area (Å²) in [5.74, 6) is 3.20. The van der Waals surface area contributed by atoms with Crippen LogP contribution in [0.4, 0.5) is 5.95 Å². The minimum Gasteiger partial charge on any atom is -0.497 e. The zero-order valence-electron chi connectivity index (χ0n) is 18.3.